The molecule has 0 bridgehead atoms. The van der Waals surface area contributed by atoms with Gasteiger partial charge in [-0.05, 0) is 17.7 Å². The quantitative estimate of drug-likeness (QED) is 0.916. The van der Waals surface area contributed by atoms with Gasteiger partial charge in [-0.25, -0.2) is 4.79 Å². The molecule has 0 saturated carbocycles. The van der Waals surface area contributed by atoms with Gasteiger partial charge in [-0.15, -0.1) is 5.10 Å². The van der Waals surface area contributed by atoms with E-state index in [0.717, 1.165) is 12.0 Å². The number of halogens is 1. The fourth-order valence-electron chi connectivity index (χ4n) is 2.55. The Balaban J connectivity index is 1.48. The molecule has 2 amide bonds. The molecule has 1 aliphatic heterocycles. The van der Waals surface area contributed by atoms with Gasteiger partial charge in [-0.1, -0.05) is 35.8 Å². The average molecular weight is 350 g/mol. The lowest BCUT2D eigenvalue weighted by Gasteiger charge is -2.33. The molecule has 1 aromatic heterocycles. The highest BCUT2D eigenvalue weighted by molar-refractivity contribution is 6.30. The number of carbonyl (C=O) groups excluding carboxylic acids is 1. The van der Waals surface area contributed by atoms with Gasteiger partial charge in [0.25, 0.3) is 0 Å². The van der Waals surface area contributed by atoms with Crippen LogP contribution in [-0.4, -0.2) is 47.3 Å². The van der Waals surface area contributed by atoms with Crippen LogP contribution < -0.4 is 10.2 Å². The molecule has 0 radical (unpaired) electrons. The first-order valence-corrected chi connectivity index (χ1v) is 8.38. The van der Waals surface area contributed by atoms with Crippen LogP contribution in [0, 0.1) is 0 Å². The molecular weight excluding hydrogens is 330 g/mol. The van der Waals surface area contributed by atoms with Gasteiger partial charge >= 0.3 is 12.0 Å². The molecule has 2 aromatic rings. The van der Waals surface area contributed by atoms with E-state index in [9.17, 15) is 4.79 Å². The van der Waals surface area contributed by atoms with E-state index in [-0.39, 0.29) is 6.03 Å². The highest BCUT2D eigenvalue weighted by Crippen LogP contribution is 2.15. The van der Waals surface area contributed by atoms with Gasteiger partial charge in [0.2, 0.25) is 5.89 Å². The number of hydrogen-bond acceptors (Lipinski definition) is 5. The maximum absolute atomic E-state index is 12.3. The molecular formula is C16H20ClN5O2. The van der Waals surface area contributed by atoms with Gasteiger partial charge in [-0.3, -0.25) is 0 Å². The number of benzene rings is 1. The molecule has 1 fully saturated rings. The number of aromatic nitrogens is 2. The van der Waals surface area contributed by atoms with Crippen LogP contribution >= 0.6 is 11.6 Å². The van der Waals surface area contributed by atoms with E-state index in [1.165, 1.54) is 0 Å². The Morgan fingerprint density at radius 1 is 1.29 bits per heavy atom. The van der Waals surface area contributed by atoms with Crippen molar-refractivity contribution >= 4 is 23.6 Å². The van der Waals surface area contributed by atoms with Gasteiger partial charge in [-0.2, -0.15) is 0 Å². The monoisotopic (exact) mass is 349 g/mol. The number of piperazine rings is 1. The summed E-state index contributed by atoms with van der Waals surface area (Å²) in [6.07, 6.45) is 0.721. The molecule has 0 spiro atoms. The molecule has 3 rings (SSSR count). The molecule has 0 unspecified atom stereocenters. The molecule has 24 heavy (non-hydrogen) atoms. The van der Waals surface area contributed by atoms with Crippen molar-refractivity contribution in [1.82, 2.24) is 20.4 Å². The molecule has 0 aliphatic carbocycles. The zero-order valence-corrected chi connectivity index (χ0v) is 14.3. The first-order valence-electron chi connectivity index (χ1n) is 8.00. The van der Waals surface area contributed by atoms with Crippen LogP contribution in [0.15, 0.2) is 28.7 Å². The van der Waals surface area contributed by atoms with Crippen molar-refractivity contribution in [3.05, 3.63) is 40.7 Å². The van der Waals surface area contributed by atoms with Crippen molar-refractivity contribution in [3.8, 4) is 0 Å². The van der Waals surface area contributed by atoms with E-state index in [4.69, 9.17) is 16.0 Å². The number of aryl methyl sites for hydroxylation is 1. The van der Waals surface area contributed by atoms with Crippen LogP contribution in [0.1, 0.15) is 18.4 Å². The second-order valence-electron chi connectivity index (χ2n) is 5.59. The van der Waals surface area contributed by atoms with Crippen molar-refractivity contribution in [2.75, 3.05) is 31.1 Å². The maximum Gasteiger partial charge on any atom is 0.318 e. The summed E-state index contributed by atoms with van der Waals surface area (Å²) >= 11 is 5.95. The summed E-state index contributed by atoms with van der Waals surface area (Å²) in [6.45, 7) is 5.02. The van der Waals surface area contributed by atoms with Gasteiger partial charge in [0.1, 0.15) is 0 Å². The number of rotatable bonds is 4. The Kier molecular flexibility index (Phi) is 5.20. The van der Waals surface area contributed by atoms with Crippen LogP contribution in [0.5, 0.6) is 0 Å². The fourth-order valence-corrected chi connectivity index (χ4v) is 2.77. The molecule has 1 aromatic carbocycles. The topological polar surface area (TPSA) is 74.5 Å². The van der Waals surface area contributed by atoms with Crippen molar-refractivity contribution in [1.29, 1.82) is 0 Å². The zero-order chi connectivity index (χ0) is 16.9. The summed E-state index contributed by atoms with van der Waals surface area (Å²) in [4.78, 5) is 16.1. The van der Waals surface area contributed by atoms with Gasteiger partial charge < -0.3 is 19.5 Å². The summed E-state index contributed by atoms with van der Waals surface area (Å²) in [5.74, 6) is 0.631. The molecule has 2 heterocycles. The molecule has 0 atom stereocenters. The molecule has 1 saturated heterocycles. The highest BCUT2D eigenvalue weighted by Gasteiger charge is 2.23. The first kappa shape index (κ1) is 16.6. The van der Waals surface area contributed by atoms with E-state index in [0.29, 0.717) is 49.7 Å². The van der Waals surface area contributed by atoms with E-state index < -0.39 is 0 Å². The van der Waals surface area contributed by atoms with Crippen LogP contribution in [0.25, 0.3) is 0 Å². The molecule has 7 nitrogen and oxygen atoms in total. The Morgan fingerprint density at radius 2 is 2.08 bits per heavy atom. The minimum atomic E-state index is -0.0746. The largest absolute Gasteiger partial charge is 0.408 e. The SMILES string of the molecule is CCc1nnc(N2CCN(C(=O)NCc3cccc(Cl)c3)CC2)o1. The second kappa shape index (κ2) is 7.53. The minimum Gasteiger partial charge on any atom is -0.408 e. The average Bonchev–Trinajstić information content (AvgIpc) is 3.09. The van der Waals surface area contributed by atoms with Crippen LogP contribution in [0.3, 0.4) is 0 Å². The fraction of sp³-hybridized carbons (Fsp3) is 0.438. The number of amides is 2. The number of nitrogens with zero attached hydrogens (tertiary/aromatic N) is 4. The normalized spacial score (nSPS) is 14.8. The van der Waals surface area contributed by atoms with Crippen LogP contribution in [-0.2, 0) is 13.0 Å². The number of urea groups is 1. The maximum atomic E-state index is 12.3. The van der Waals surface area contributed by atoms with Gasteiger partial charge in [0.05, 0.1) is 0 Å². The van der Waals surface area contributed by atoms with E-state index >= 15 is 0 Å². The van der Waals surface area contributed by atoms with Crippen molar-refractivity contribution in [2.24, 2.45) is 0 Å². The highest BCUT2D eigenvalue weighted by atomic mass is 35.5. The van der Waals surface area contributed by atoms with E-state index in [1.807, 2.05) is 36.1 Å². The molecule has 1 N–H and O–H groups in total. The third kappa shape index (κ3) is 3.97. The lowest BCUT2D eigenvalue weighted by Crippen LogP contribution is -2.51. The Bertz CT molecular complexity index is 697. The zero-order valence-electron chi connectivity index (χ0n) is 13.5. The summed E-state index contributed by atoms with van der Waals surface area (Å²) < 4.78 is 5.56. The summed E-state index contributed by atoms with van der Waals surface area (Å²) in [5.41, 5.74) is 0.979. The van der Waals surface area contributed by atoms with Gasteiger partial charge in [0.15, 0.2) is 0 Å². The smallest absolute Gasteiger partial charge is 0.318 e. The number of hydrogen-bond donors (Lipinski definition) is 1. The van der Waals surface area contributed by atoms with Crippen LogP contribution in [0.4, 0.5) is 10.8 Å². The van der Waals surface area contributed by atoms with E-state index in [2.05, 4.69) is 15.5 Å². The Morgan fingerprint density at radius 3 is 2.75 bits per heavy atom. The van der Waals surface area contributed by atoms with Crippen molar-refractivity contribution < 1.29 is 9.21 Å². The summed E-state index contributed by atoms with van der Waals surface area (Å²) in [6, 6.07) is 7.93. The van der Waals surface area contributed by atoms with Crippen molar-refractivity contribution in [2.45, 2.75) is 19.9 Å². The predicted molar refractivity (Wildman–Crippen MR) is 91.1 cm³/mol. The Labute approximate surface area is 145 Å². The second-order valence-corrected chi connectivity index (χ2v) is 6.03. The summed E-state index contributed by atoms with van der Waals surface area (Å²) in [5, 5.41) is 11.6. The third-order valence-electron chi connectivity index (χ3n) is 3.93. The number of anilines is 1. The number of nitrogens with one attached hydrogen (secondary N) is 1. The van der Waals surface area contributed by atoms with Gasteiger partial charge in [0, 0.05) is 44.2 Å². The number of carbonyl (C=O) groups is 1. The first-order chi connectivity index (χ1) is 11.7. The third-order valence-corrected chi connectivity index (χ3v) is 4.16. The molecule has 1 aliphatic rings. The minimum absolute atomic E-state index is 0.0746. The van der Waals surface area contributed by atoms with Crippen molar-refractivity contribution in [3.63, 3.8) is 0 Å². The summed E-state index contributed by atoms with van der Waals surface area (Å²) in [7, 11) is 0. The molecule has 8 heteroatoms. The lowest BCUT2D eigenvalue weighted by atomic mass is 10.2. The standard InChI is InChI=1S/C16H20ClN5O2/c1-2-14-19-20-16(24-14)22-8-6-21(7-9-22)15(23)18-11-12-4-3-5-13(17)10-12/h3-5,10H,2,6-9,11H2,1H3,(H,18,23). The molecule has 128 valence electrons. The van der Waals surface area contributed by atoms with E-state index in [1.54, 1.807) is 4.90 Å². The lowest BCUT2D eigenvalue weighted by molar-refractivity contribution is 0.193. The predicted octanol–water partition coefficient (Wildman–Crippen LogP) is 2.32. The Hall–Kier alpha value is -2.28. The van der Waals surface area contributed by atoms with Crippen LogP contribution in [0.2, 0.25) is 5.02 Å².